The SMILES string of the molecule is CCOC(=O)C(C)NC(=O)C(C)NC(=O)C1CCCC(F)(F)C1. The number of hydrogen-bond acceptors (Lipinski definition) is 4. The highest BCUT2D eigenvalue weighted by atomic mass is 19.3. The summed E-state index contributed by atoms with van der Waals surface area (Å²) in [5.74, 6) is -5.33. The normalized spacial score (nSPS) is 22.6. The van der Waals surface area contributed by atoms with Gasteiger partial charge >= 0.3 is 5.97 Å². The molecule has 3 unspecified atom stereocenters. The number of carbonyl (C=O) groups excluding carboxylic acids is 3. The topological polar surface area (TPSA) is 84.5 Å². The molecule has 132 valence electrons. The monoisotopic (exact) mass is 334 g/mol. The average Bonchev–Trinajstić information content (AvgIpc) is 2.46. The molecular formula is C15H24F2N2O4. The average molecular weight is 334 g/mol. The predicted molar refractivity (Wildman–Crippen MR) is 78.7 cm³/mol. The Morgan fingerprint density at radius 1 is 1.22 bits per heavy atom. The molecule has 0 heterocycles. The van der Waals surface area contributed by atoms with Crippen molar-refractivity contribution in [2.24, 2.45) is 5.92 Å². The van der Waals surface area contributed by atoms with Gasteiger partial charge in [-0.15, -0.1) is 0 Å². The first-order chi connectivity index (χ1) is 10.7. The summed E-state index contributed by atoms with van der Waals surface area (Å²) in [5.41, 5.74) is 0. The lowest BCUT2D eigenvalue weighted by Crippen LogP contribution is -2.51. The lowest BCUT2D eigenvalue weighted by molar-refractivity contribution is -0.147. The van der Waals surface area contributed by atoms with Gasteiger partial charge in [-0.2, -0.15) is 0 Å². The molecular weight excluding hydrogens is 310 g/mol. The molecule has 0 aliphatic heterocycles. The molecule has 23 heavy (non-hydrogen) atoms. The first-order valence-corrected chi connectivity index (χ1v) is 7.81. The standard InChI is InChI=1S/C15H24F2N2O4/c1-4-23-14(22)10(3)19-12(20)9(2)18-13(21)11-6-5-7-15(16,17)8-11/h9-11H,4-8H2,1-3H3,(H,18,21)(H,19,20). The quantitative estimate of drug-likeness (QED) is 0.719. The van der Waals surface area contributed by atoms with E-state index in [1.54, 1.807) is 6.92 Å². The number of hydrogen-bond donors (Lipinski definition) is 2. The molecule has 2 amide bonds. The Kier molecular flexibility index (Phi) is 6.90. The molecule has 0 aromatic carbocycles. The summed E-state index contributed by atoms with van der Waals surface area (Å²) < 4.78 is 31.4. The highest BCUT2D eigenvalue weighted by molar-refractivity contribution is 5.90. The zero-order valence-corrected chi connectivity index (χ0v) is 13.7. The molecule has 0 aromatic rings. The minimum absolute atomic E-state index is 0.196. The maximum atomic E-state index is 13.3. The van der Waals surface area contributed by atoms with Gasteiger partial charge in [-0.25, -0.2) is 13.6 Å². The van der Waals surface area contributed by atoms with Crippen molar-refractivity contribution in [2.45, 2.75) is 64.5 Å². The Labute approximate surface area is 134 Å². The van der Waals surface area contributed by atoms with Crippen molar-refractivity contribution in [3.63, 3.8) is 0 Å². The van der Waals surface area contributed by atoms with E-state index in [1.165, 1.54) is 13.8 Å². The minimum Gasteiger partial charge on any atom is -0.464 e. The maximum absolute atomic E-state index is 13.3. The first-order valence-electron chi connectivity index (χ1n) is 7.81. The lowest BCUT2D eigenvalue weighted by atomic mass is 9.86. The predicted octanol–water partition coefficient (Wildman–Crippen LogP) is 1.38. The summed E-state index contributed by atoms with van der Waals surface area (Å²) in [7, 11) is 0. The number of alkyl halides is 2. The van der Waals surface area contributed by atoms with Crippen LogP contribution >= 0.6 is 0 Å². The van der Waals surface area contributed by atoms with Crippen LogP contribution in [0.25, 0.3) is 0 Å². The summed E-state index contributed by atoms with van der Waals surface area (Å²) >= 11 is 0. The molecule has 6 nitrogen and oxygen atoms in total. The van der Waals surface area contributed by atoms with Crippen LogP contribution in [0.2, 0.25) is 0 Å². The third kappa shape index (κ3) is 6.11. The van der Waals surface area contributed by atoms with Gasteiger partial charge in [0.15, 0.2) is 0 Å². The molecule has 8 heteroatoms. The van der Waals surface area contributed by atoms with E-state index in [2.05, 4.69) is 10.6 Å². The highest BCUT2D eigenvalue weighted by Crippen LogP contribution is 2.36. The zero-order valence-electron chi connectivity index (χ0n) is 13.7. The second-order valence-electron chi connectivity index (χ2n) is 5.86. The van der Waals surface area contributed by atoms with E-state index in [4.69, 9.17) is 4.74 Å². The summed E-state index contributed by atoms with van der Waals surface area (Å²) in [6.45, 7) is 4.74. The van der Waals surface area contributed by atoms with Crippen LogP contribution in [0.15, 0.2) is 0 Å². The third-order valence-corrected chi connectivity index (χ3v) is 3.76. The molecule has 1 saturated carbocycles. The molecule has 1 fully saturated rings. The summed E-state index contributed by atoms with van der Waals surface area (Å²) in [6, 6.07) is -1.77. The molecule has 1 aliphatic rings. The molecule has 1 aliphatic carbocycles. The molecule has 0 aromatic heterocycles. The van der Waals surface area contributed by atoms with Gasteiger partial charge in [-0.05, 0) is 33.6 Å². The van der Waals surface area contributed by atoms with E-state index in [9.17, 15) is 23.2 Å². The van der Waals surface area contributed by atoms with Gasteiger partial charge in [-0.1, -0.05) is 0 Å². The van der Waals surface area contributed by atoms with Crippen LogP contribution in [0, 0.1) is 5.92 Å². The number of esters is 1. The van der Waals surface area contributed by atoms with E-state index in [1.807, 2.05) is 0 Å². The van der Waals surface area contributed by atoms with Crippen molar-refractivity contribution in [3.8, 4) is 0 Å². The van der Waals surface area contributed by atoms with Gasteiger partial charge < -0.3 is 15.4 Å². The highest BCUT2D eigenvalue weighted by Gasteiger charge is 2.39. The minimum atomic E-state index is -2.83. The molecule has 0 saturated heterocycles. The molecule has 0 radical (unpaired) electrons. The van der Waals surface area contributed by atoms with Gasteiger partial charge in [0.25, 0.3) is 0 Å². The van der Waals surface area contributed by atoms with Crippen molar-refractivity contribution >= 4 is 17.8 Å². The van der Waals surface area contributed by atoms with Crippen molar-refractivity contribution in [2.75, 3.05) is 6.61 Å². The summed E-state index contributed by atoms with van der Waals surface area (Å²) in [5, 5.41) is 4.84. The fourth-order valence-corrected chi connectivity index (χ4v) is 2.46. The van der Waals surface area contributed by atoms with Crippen LogP contribution in [0.3, 0.4) is 0 Å². The Hall–Kier alpha value is -1.73. The molecule has 0 bridgehead atoms. The Morgan fingerprint density at radius 3 is 2.43 bits per heavy atom. The van der Waals surface area contributed by atoms with Crippen LogP contribution in [0.1, 0.15) is 46.5 Å². The summed E-state index contributed by atoms with van der Waals surface area (Å²) in [6.07, 6.45) is -0.0309. The largest absolute Gasteiger partial charge is 0.464 e. The van der Waals surface area contributed by atoms with E-state index in [0.29, 0.717) is 6.42 Å². The number of amides is 2. The number of nitrogens with one attached hydrogen (secondary N) is 2. The van der Waals surface area contributed by atoms with E-state index < -0.39 is 48.1 Å². The van der Waals surface area contributed by atoms with E-state index in [-0.39, 0.29) is 19.4 Å². The number of ether oxygens (including phenoxy) is 1. The maximum Gasteiger partial charge on any atom is 0.328 e. The zero-order chi connectivity index (χ0) is 17.6. The van der Waals surface area contributed by atoms with Gasteiger partial charge in [-0.3, -0.25) is 9.59 Å². The van der Waals surface area contributed by atoms with Gasteiger partial charge in [0.1, 0.15) is 12.1 Å². The van der Waals surface area contributed by atoms with Crippen molar-refractivity contribution in [1.29, 1.82) is 0 Å². The Bertz CT molecular complexity index is 457. The van der Waals surface area contributed by atoms with Crippen LogP contribution in [-0.4, -0.2) is 42.4 Å². The summed E-state index contributed by atoms with van der Waals surface area (Å²) in [4.78, 5) is 35.4. The van der Waals surface area contributed by atoms with Gasteiger partial charge in [0.05, 0.1) is 6.61 Å². The lowest BCUT2D eigenvalue weighted by Gasteiger charge is -2.29. The molecule has 2 N–H and O–H groups in total. The van der Waals surface area contributed by atoms with Gasteiger partial charge in [0.2, 0.25) is 17.7 Å². The molecule has 1 rings (SSSR count). The van der Waals surface area contributed by atoms with Crippen molar-refractivity contribution in [1.82, 2.24) is 10.6 Å². The fraction of sp³-hybridized carbons (Fsp3) is 0.800. The number of halogens is 2. The molecule has 3 atom stereocenters. The second kappa shape index (κ2) is 8.21. The van der Waals surface area contributed by atoms with Crippen LogP contribution in [0.4, 0.5) is 8.78 Å². The third-order valence-electron chi connectivity index (χ3n) is 3.76. The second-order valence-corrected chi connectivity index (χ2v) is 5.86. The van der Waals surface area contributed by atoms with Crippen LogP contribution < -0.4 is 10.6 Å². The number of rotatable bonds is 6. The van der Waals surface area contributed by atoms with Crippen LogP contribution in [0.5, 0.6) is 0 Å². The van der Waals surface area contributed by atoms with Crippen LogP contribution in [-0.2, 0) is 19.1 Å². The smallest absolute Gasteiger partial charge is 0.328 e. The van der Waals surface area contributed by atoms with Gasteiger partial charge in [0, 0.05) is 18.8 Å². The molecule has 0 spiro atoms. The van der Waals surface area contributed by atoms with E-state index in [0.717, 1.165) is 0 Å². The van der Waals surface area contributed by atoms with Crippen molar-refractivity contribution in [3.05, 3.63) is 0 Å². The Morgan fingerprint density at radius 2 is 1.87 bits per heavy atom. The Balaban J connectivity index is 2.48. The number of carbonyl (C=O) groups is 3. The fourth-order valence-electron chi connectivity index (χ4n) is 2.46. The van der Waals surface area contributed by atoms with E-state index >= 15 is 0 Å². The van der Waals surface area contributed by atoms with Crippen molar-refractivity contribution < 1.29 is 27.9 Å². The first kappa shape index (κ1) is 19.3.